The Morgan fingerprint density at radius 2 is 1.82 bits per heavy atom. The van der Waals surface area contributed by atoms with E-state index in [1.807, 2.05) is 24.5 Å². The van der Waals surface area contributed by atoms with E-state index in [-0.39, 0.29) is 11.4 Å². The average molecular weight is 446 g/mol. The second-order valence-corrected chi connectivity index (χ2v) is 7.92. The van der Waals surface area contributed by atoms with Crippen molar-refractivity contribution in [3.8, 4) is 34.1 Å². The molecule has 8 nitrogen and oxygen atoms in total. The Labute approximate surface area is 191 Å². The molecule has 0 atom stereocenters. The third-order valence-electron chi connectivity index (χ3n) is 5.78. The van der Waals surface area contributed by atoms with Gasteiger partial charge in [-0.1, -0.05) is 6.07 Å². The van der Waals surface area contributed by atoms with Crippen LogP contribution in [0, 0.1) is 5.82 Å². The Balaban J connectivity index is 1.39. The van der Waals surface area contributed by atoms with Gasteiger partial charge in [0.1, 0.15) is 17.4 Å². The highest BCUT2D eigenvalue weighted by Crippen LogP contribution is 2.31. The molecule has 0 aliphatic carbocycles. The van der Waals surface area contributed by atoms with Gasteiger partial charge in [-0.3, -0.25) is 0 Å². The minimum absolute atomic E-state index is 0.234. The van der Waals surface area contributed by atoms with Crippen LogP contribution in [-0.2, 0) is 0 Å². The number of nitrogens with zero attached hydrogens (tertiary/aromatic N) is 7. The van der Waals surface area contributed by atoms with E-state index in [9.17, 15) is 4.39 Å². The molecular formula is C24H24FN7O. The normalized spacial score (nSPS) is 14.5. The van der Waals surface area contributed by atoms with Gasteiger partial charge < -0.3 is 14.5 Å². The molecule has 33 heavy (non-hydrogen) atoms. The summed E-state index contributed by atoms with van der Waals surface area (Å²) < 4.78 is 21.5. The van der Waals surface area contributed by atoms with Crippen molar-refractivity contribution < 1.29 is 9.13 Å². The van der Waals surface area contributed by atoms with Crippen LogP contribution in [0.3, 0.4) is 0 Å². The maximum absolute atomic E-state index is 14.5. The lowest BCUT2D eigenvalue weighted by atomic mass is 10.1. The number of halogens is 1. The summed E-state index contributed by atoms with van der Waals surface area (Å²) in [5.41, 5.74) is 2.51. The summed E-state index contributed by atoms with van der Waals surface area (Å²) in [5, 5.41) is 4.47. The van der Waals surface area contributed by atoms with Crippen molar-refractivity contribution >= 4 is 5.82 Å². The van der Waals surface area contributed by atoms with Crippen LogP contribution in [0.2, 0.25) is 0 Å². The highest BCUT2D eigenvalue weighted by atomic mass is 19.1. The molecule has 3 aromatic heterocycles. The van der Waals surface area contributed by atoms with E-state index >= 15 is 0 Å². The van der Waals surface area contributed by atoms with Crippen LogP contribution >= 0.6 is 0 Å². The molecular weight excluding hydrogens is 421 g/mol. The number of methoxy groups -OCH3 is 1. The van der Waals surface area contributed by atoms with Crippen molar-refractivity contribution in [2.75, 3.05) is 45.2 Å². The fraction of sp³-hybridized carbons (Fsp3) is 0.250. The molecule has 168 valence electrons. The molecule has 1 aliphatic heterocycles. The molecule has 4 heterocycles. The topological polar surface area (TPSA) is 72.2 Å². The first-order valence-corrected chi connectivity index (χ1v) is 10.7. The second kappa shape index (κ2) is 8.95. The SMILES string of the molecule is COc1cccc(F)c1-c1nccc(-c2cnn(-c3ccc(N4CCN(C)CC4)nc3)c2)n1. The van der Waals surface area contributed by atoms with Crippen molar-refractivity contribution in [2.45, 2.75) is 0 Å². The molecule has 0 bridgehead atoms. The zero-order valence-corrected chi connectivity index (χ0v) is 18.5. The van der Waals surface area contributed by atoms with Gasteiger partial charge in [-0.25, -0.2) is 24.0 Å². The summed E-state index contributed by atoms with van der Waals surface area (Å²) in [6, 6.07) is 10.4. The largest absolute Gasteiger partial charge is 0.496 e. The van der Waals surface area contributed by atoms with Gasteiger partial charge in [-0.05, 0) is 37.4 Å². The number of aromatic nitrogens is 5. The first-order valence-electron chi connectivity index (χ1n) is 10.7. The predicted octanol–water partition coefficient (Wildman–Crippen LogP) is 3.29. The summed E-state index contributed by atoms with van der Waals surface area (Å²) in [6.07, 6.45) is 7.02. The van der Waals surface area contributed by atoms with E-state index in [1.54, 1.807) is 35.3 Å². The van der Waals surface area contributed by atoms with Crippen molar-refractivity contribution in [1.29, 1.82) is 0 Å². The minimum atomic E-state index is -0.436. The van der Waals surface area contributed by atoms with E-state index in [0.717, 1.165) is 43.2 Å². The first-order chi connectivity index (χ1) is 16.1. The number of benzene rings is 1. The maximum atomic E-state index is 14.5. The molecule has 5 rings (SSSR count). The average Bonchev–Trinajstić information content (AvgIpc) is 3.35. The molecule has 1 aliphatic rings. The van der Waals surface area contributed by atoms with Gasteiger partial charge in [0.05, 0.1) is 36.4 Å². The summed E-state index contributed by atoms with van der Waals surface area (Å²) in [6.45, 7) is 4.01. The molecule has 0 amide bonds. The quantitative estimate of drug-likeness (QED) is 0.467. The Morgan fingerprint density at radius 3 is 2.58 bits per heavy atom. The molecule has 0 radical (unpaired) electrons. The molecule has 9 heteroatoms. The van der Waals surface area contributed by atoms with Crippen LogP contribution in [0.25, 0.3) is 28.3 Å². The lowest BCUT2D eigenvalue weighted by Crippen LogP contribution is -2.44. The van der Waals surface area contributed by atoms with Gasteiger partial charge in [0.2, 0.25) is 0 Å². The Morgan fingerprint density at radius 1 is 0.970 bits per heavy atom. The molecule has 0 N–H and O–H groups in total. The van der Waals surface area contributed by atoms with E-state index in [4.69, 9.17) is 4.74 Å². The van der Waals surface area contributed by atoms with Gasteiger partial charge in [0.25, 0.3) is 0 Å². The van der Waals surface area contributed by atoms with Crippen LogP contribution in [-0.4, -0.2) is 70.0 Å². The molecule has 0 saturated carbocycles. The lowest BCUT2D eigenvalue weighted by Gasteiger charge is -2.33. The lowest BCUT2D eigenvalue weighted by molar-refractivity contribution is 0.312. The number of anilines is 1. The van der Waals surface area contributed by atoms with Crippen LogP contribution in [0.1, 0.15) is 0 Å². The standard InChI is InChI=1S/C24H24FN7O/c1-30-10-12-31(13-11-30)22-7-6-18(15-27-22)32-16-17(14-28-32)20-8-9-26-24(29-20)23-19(25)4-3-5-21(23)33-2/h3-9,14-16H,10-13H2,1-2H3. The number of pyridine rings is 1. The molecule has 0 unspecified atom stereocenters. The fourth-order valence-corrected chi connectivity index (χ4v) is 3.86. The molecule has 4 aromatic rings. The van der Waals surface area contributed by atoms with Gasteiger partial charge in [0, 0.05) is 44.1 Å². The summed E-state index contributed by atoms with van der Waals surface area (Å²) in [4.78, 5) is 18.1. The molecule has 1 aromatic carbocycles. The number of hydrogen-bond donors (Lipinski definition) is 0. The van der Waals surface area contributed by atoms with Gasteiger partial charge in [0.15, 0.2) is 5.82 Å². The van der Waals surface area contributed by atoms with Crippen LogP contribution in [0.15, 0.2) is 61.2 Å². The predicted molar refractivity (Wildman–Crippen MR) is 124 cm³/mol. The smallest absolute Gasteiger partial charge is 0.166 e. The summed E-state index contributed by atoms with van der Waals surface area (Å²) >= 11 is 0. The Kier molecular flexibility index (Phi) is 5.70. The minimum Gasteiger partial charge on any atom is -0.496 e. The zero-order chi connectivity index (χ0) is 22.8. The van der Waals surface area contributed by atoms with Crippen LogP contribution in [0.5, 0.6) is 5.75 Å². The van der Waals surface area contributed by atoms with Crippen LogP contribution in [0.4, 0.5) is 10.2 Å². The second-order valence-electron chi connectivity index (χ2n) is 7.92. The van der Waals surface area contributed by atoms with E-state index in [1.165, 1.54) is 13.2 Å². The van der Waals surface area contributed by atoms with E-state index < -0.39 is 5.82 Å². The fourth-order valence-electron chi connectivity index (χ4n) is 3.86. The first kappa shape index (κ1) is 21.0. The Bertz CT molecular complexity index is 1250. The Hall–Kier alpha value is -3.85. The van der Waals surface area contributed by atoms with Crippen molar-refractivity contribution in [2.24, 2.45) is 0 Å². The van der Waals surface area contributed by atoms with E-state index in [0.29, 0.717) is 11.4 Å². The number of hydrogen-bond acceptors (Lipinski definition) is 7. The summed E-state index contributed by atoms with van der Waals surface area (Å²) in [7, 11) is 3.63. The van der Waals surface area contributed by atoms with E-state index in [2.05, 4.69) is 36.9 Å². The maximum Gasteiger partial charge on any atom is 0.166 e. The number of rotatable bonds is 5. The van der Waals surface area contributed by atoms with Crippen molar-refractivity contribution in [3.05, 3.63) is 67.0 Å². The van der Waals surface area contributed by atoms with Gasteiger partial charge in [-0.15, -0.1) is 0 Å². The number of piperazine rings is 1. The highest BCUT2D eigenvalue weighted by Gasteiger charge is 2.17. The monoisotopic (exact) mass is 445 g/mol. The van der Waals surface area contributed by atoms with Crippen molar-refractivity contribution in [3.63, 3.8) is 0 Å². The third kappa shape index (κ3) is 4.27. The highest BCUT2D eigenvalue weighted by molar-refractivity contribution is 5.68. The zero-order valence-electron chi connectivity index (χ0n) is 18.5. The molecule has 1 saturated heterocycles. The number of ether oxygens (including phenoxy) is 1. The summed E-state index contributed by atoms with van der Waals surface area (Å²) in [5.74, 6) is 1.18. The third-order valence-corrected chi connectivity index (χ3v) is 5.78. The van der Waals surface area contributed by atoms with Crippen LogP contribution < -0.4 is 9.64 Å². The van der Waals surface area contributed by atoms with Crippen molar-refractivity contribution in [1.82, 2.24) is 29.6 Å². The molecule has 1 fully saturated rings. The molecule has 0 spiro atoms. The van der Waals surface area contributed by atoms with Gasteiger partial charge >= 0.3 is 0 Å². The van der Waals surface area contributed by atoms with Gasteiger partial charge in [-0.2, -0.15) is 5.10 Å². The number of likely N-dealkylation sites (N-methyl/N-ethyl adjacent to an activating group) is 1.